The van der Waals surface area contributed by atoms with Crippen molar-refractivity contribution in [1.29, 1.82) is 0 Å². The summed E-state index contributed by atoms with van der Waals surface area (Å²) in [6, 6.07) is 2.74. The molecule has 18 heavy (non-hydrogen) atoms. The first-order valence-electron chi connectivity index (χ1n) is 6.19. The van der Waals surface area contributed by atoms with E-state index in [-0.39, 0.29) is 12.5 Å². The van der Waals surface area contributed by atoms with Gasteiger partial charge in [0, 0.05) is 25.8 Å². The van der Waals surface area contributed by atoms with E-state index in [0.717, 1.165) is 25.8 Å². The quantitative estimate of drug-likeness (QED) is 0.865. The molecule has 1 aliphatic rings. The lowest BCUT2D eigenvalue weighted by molar-refractivity contribution is 0.0651. The Kier molecular flexibility index (Phi) is 4.15. The van der Waals surface area contributed by atoms with E-state index in [1.165, 1.54) is 18.4 Å². The fourth-order valence-electron chi connectivity index (χ4n) is 2.33. The average molecular weight is 251 g/mol. The SMILES string of the molecule is O=C(c1ccc(=O)oc1)N1CCCC(CCO)C1. The van der Waals surface area contributed by atoms with Crippen molar-refractivity contribution >= 4 is 5.91 Å². The molecular weight excluding hydrogens is 234 g/mol. The topological polar surface area (TPSA) is 70.8 Å². The van der Waals surface area contributed by atoms with Gasteiger partial charge in [-0.15, -0.1) is 0 Å². The molecule has 0 spiro atoms. The molecule has 1 aromatic rings. The van der Waals surface area contributed by atoms with Gasteiger partial charge in [-0.2, -0.15) is 0 Å². The summed E-state index contributed by atoms with van der Waals surface area (Å²) in [7, 11) is 0. The highest BCUT2D eigenvalue weighted by Gasteiger charge is 2.24. The van der Waals surface area contributed by atoms with Crippen LogP contribution in [0.15, 0.2) is 27.6 Å². The lowest BCUT2D eigenvalue weighted by Crippen LogP contribution is -2.40. The fourth-order valence-corrected chi connectivity index (χ4v) is 2.33. The molecule has 0 aliphatic carbocycles. The molecule has 0 aromatic carbocycles. The molecule has 1 N–H and O–H groups in total. The van der Waals surface area contributed by atoms with Crippen molar-refractivity contribution in [1.82, 2.24) is 4.90 Å². The summed E-state index contributed by atoms with van der Waals surface area (Å²) in [6.45, 7) is 1.55. The van der Waals surface area contributed by atoms with E-state index in [4.69, 9.17) is 9.52 Å². The number of piperidine rings is 1. The summed E-state index contributed by atoms with van der Waals surface area (Å²) in [5, 5.41) is 8.94. The van der Waals surface area contributed by atoms with Gasteiger partial charge in [-0.3, -0.25) is 4.79 Å². The molecular formula is C13H17NO4. The maximum Gasteiger partial charge on any atom is 0.335 e. The van der Waals surface area contributed by atoms with Crippen LogP contribution in [0.25, 0.3) is 0 Å². The van der Waals surface area contributed by atoms with Crippen molar-refractivity contribution in [3.63, 3.8) is 0 Å². The number of hydrogen-bond acceptors (Lipinski definition) is 4. The first-order valence-corrected chi connectivity index (χ1v) is 6.19. The highest BCUT2D eigenvalue weighted by Crippen LogP contribution is 2.20. The second-order valence-corrected chi connectivity index (χ2v) is 4.62. The lowest BCUT2D eigenvalue weighted by atomic mass is 9.95. The molecule has 0 radical (unpaired) electrons. The number of hydrogen-bond donors (Lipinski definition) is 1. The molecule has 98 valence electrons. The third-order valence-corrected chi connectivity index (χ3v) is 3.29. The van der Waals surface area contributed by atoms with Gasteiger partial charge < -0.3 is 14.4 Å². The normalized spacial score (nSPS) is 19.8. The molecule has 2 heterocycles. The van der Waals surface area contributed by atoms with Crippen LogP contribution in [0.4, 0.5) is 0 Å². The third-order valence-electron chi connectivity index (χ3n) is 3.29. The van der Waals surface area contributed by atoms with Gasteiger partial charge in [-0.1, -0.05) is 0 Å². The summed E-state index contributed by atoms with van der Waals surface area (Å²) < 4.78 is 4.70. The van der Waals surface area contributed by atoms with E-state index in [0.29, 0.717) is 18.0 Å². The van der Waals surface area contributed by atoms with Gasteiger partial charge in [0.25, 0.3) is 5.91 Å². The minimum atomic E-state index is -0.455. The highest BCUT2D eigenvalue weighted by atomic mass is 16.4. The van der Waals surface area contributed by atoms with Crippen molar-refractivity contribution in [2.75, 3.05) is 19.7 Å². The second-order valence-electron chi connectivity index (χ2n) is 4.62. The highest BCUT2D eigenvalue weighted by molar-refractivity contribution is 5.93. The van der Waals surface area contributed by atoms with E-state index in [1.807, 2.05) is 0 Å². The van der Waals surface area contributed by atoms with Gasteiger partial charge in [-0.05, 0) is 31.2 Å². The number of carbonyl (C=O) groups is 1. The summed E-state index contributed by atoms with van der Waals surface area (Å²) in [5.74, 6) is 0.254. The summed E-state index contributed by atoms with van der Waals surface area (Å²) >= 11 is 0. The Bertz CT molecular complexity index is 446. The van der Waals surface area contributed by atoms with E-state index >= 15 is 0 Å². The maximum absolute atomic E-state index is 12.2. The molecule has 5 nitrogen and oxygen atoms in total. The molecule has 1 saturated heterocycles. The van der Waals surface area contributed by atoms with Crippen LogP contribution in [0.1, 0.15) is 29.6 Å². The Hall–Kier alpha value is -1.62. The lowest BCUT2D eigenvalue weighted by Gasteiger charge is -2.32. The van der Waals surface area contributed by atoms with Crippen molar-refractivity contribution in [3.8, 4) is 0 Å². The minimum absolute atomic E-state index is 0.110. The van der Waals surface area contributed by atoms with Gasteiger partial charge in [0.1, 0.15) is 6.26 Å². The number of nitrogens with zero attached hydrogens (tertiary/aromatic N) is 1. The maximum atomic E-state index is 12.2. The molecule has 5 heteroatoms. The standard InChI is InChI=1S/C13H17NO4/c15-7-5-10-2-1-6-14(8-10)13(17)11-3-4-12(16)18-9-11/h3-4,9-10,15H,1-2,5-8H2. The van der Waals surface area contributed by atoms with Crippen LogP contribution in [0.2, 0.25) is 0 Å². The summed E-state index contributed by atoms with van der Waals surface area (Å²) in [4.78, 5) is 24.8. The van der Waals surface area contributed by atoms with Crippen LogP contribution < -0.4 is 5.63 Å². The zero-order chi connectivity index (χ0) is 13.0. The first kappa shape index (κ1) is 12.8. The van der Waals surface area contributed by atoms with Crippen LogP contribution in [-0.4, -0.2) is 35.6 Å². The Balaban J connectivity index is 2.04. The van der Waals surface area contributed by atoms with Crippen LogP contribution >= 0.6 is 0 Å². The predicted octanol–water partition coefficient (Wildman–Crippen LogP) is 0.874. The number of amides is 1. The minimum Gasteiger partial charge on any atom is -0.430 e. The Morgan fingerprint density at radius 3 is 3.00 bits per heavy atom. The Morgan fingerprint density at radius 2 is 2.33 bits per heavy atom. The molecule has 1 aromatic heterocycles. The van der Waals surface area contributed by atoms with E-state index in [2.05, 4.69) is 0 Å². The molecule has 2 rings (SSSR count). The van der Waals surface area contributed by atoms with Crippen molar-refractivity contribution in [3.05, 3.63) is 34.4 Å². The summed E-state index contributed by atoms with van der Waals surface area (Å²) in [5.41, 5.74) is -0.0531. The van der Waals surface area contributed by atoms with Crippen LogP contribution in [0, 0.1) is 5.92 Å². The van der Waals surface area contributed by atoms with E-state index in [9.17, 15) is 9.59 Å². The molecule has 1 fully saturated rings. The number of rotatable bonds is 3. The number of likely N-dealkylation sites (tertiary alicyclic amines) is 1. The average Bonchev–Trinajstić information content (AvgIpc) is 2.39. The number of carbonyl (C=O) groups excluding carboxylic acids is 1. The second kappa shape index (κ2) is 5.82. The van der Waals surface area contributed by atoms with Crippen molar-refractivity contribution < 1.29 is 14.3 Å². The van der Waals surface area contributed by atoms with Gasteiger partial charge in [0.05, 0.1) is 5.56 Å². The van der Waals surface area contributed by atoms with Crippen molar-refractivity contribution in [2.45, 2.75) is 19.3 Å². The Labute approximate surface area is 105 Å². The van der Waals surface area contributed by atoms with Crippen LogP contribution in [-0.2, 0) is 0 Å². The Morgan fingerprint density at radius 1 is 1.50 bits per heavy atom. The molecule has 1 atom stereocenters. The van der Waals surface area contributed by atoms with Crippen LogP contribution in [0.3, 0.4) is 0 Å². The van der Waals surface area contributed by atoms with E-state index < -0.39 is 5.63 Å². The largest absolute Gasteiger partial charge is 0.430 e. The zero-order valence-corrected chi connectivity index (χ0v) is 10.2. The molecule has 0 bridgehead atoms. The van der Waals surface area contributed by atoms with Gasteiger partial charge in [-0.25, -0.2) is 4.79 Å². The molecule has 0 saturated carbocycles. The molecule has 1 unspecified atom stereocenters. The third kappa shape index (κ3) is 2.98. The smallest absolute Gasteiger partial charge is 0.335 e. The van der Waals surface area contributed by atoms with Gasteiger partial charge in [0.2, 0.25) is 0 Å². The molecule has 1 amide bonds. The molecule has 1 aliphatic heterocycles. The zero-order valence-electron chi connectivity index (χ0n) is 10.2. The van der Waals surface area contributed by atoms with Crippen molar-refractivity contribution in [2.24, 2.45) is 5.92 Å². The van der Waals surface area contributed by atoms with Gasteiger partial charge in [0.15, 0.2) is 0 Å². The van der Waals surface area contributed by atoms with E-state index in [1.54, 1.807) is 4.90 Å². The monoisotopic (exact) mass is 251 g/mol. The summed E-state index contributed by atoms with van der Waals surface area (Å²) in [6.07, 6.45) is 3.94. The predicted molar refractivity (Wildman–Crippen MR) is 65.3 cm³/mol. The number of aliphatic hydroxyl groups excluding tert-OH is 1. The number of aliphatic hydroxyl groups is 1. The fraction of sp³-hybridized carbons (Fsp3) is 0.538. The van der Waals surface area contributed by atoms with Gasteiger partial charge >= 0.3 is 5.63 Å². The first-order chi connectivity index (χ1) is 8.70. The van der Waals surface area contributed by atoms with Crippen LogP contribution in [0.5, 0.6) is 0 Å².